The van der Waals surface area contributed by atoms with E-state index in [2.05, 4.69) is 45.1 Å². The highest BCUT2D eigenvalue weighted by molar-refractivity contribution is 5.71. The molecule has 6 nitrogen and oxygen atoms in total. The van der Waals surface area contributed by atoms with Crippen LogP contribution in [0.4, 0.5) is 0 Å². The molecule has 0 fully saturated rings. The third-order valence-corrected chi connectivity index (χ3v) is 11.1. The van der Waals surface area contributed by atoms with Gasteiger partial charge in [0, 0.05) is 19.3 Å². The summed E-state index contributed by atoms with van der Waals surface area (Å²) in [5, 5.41) is 0. The van der Waals surface area contributed by atoms with E-state index in [1.165, 1.54) is 135 Å². The minimum absolute atomic E-state index is 0.0925. The van der Waals surface area contributed by atoms with E-state index in [9.17, 15) is 14.4 Å². The van der Waals surface area contributed by atoms with E-state index in [1.807, 2.05) is 48.6 Å². The number of hydrogen-bond donors (Lipinski definition) is 0. The zero-order valence-electron chi connectivity index (χ0n) is 40.6. The Morgan fingerprint density at radius 1 is 0.339 bits per heavy atom. The SMILES string of the molecule is CC\C=C/C=C\C=C/C=C\C=C/CCCCCC(=O)OC(COC(=O)CCCCCCCCC/C=C\CCCCCCCC)COC(=O)CCCCCCCCCCCCCC. The van der Waals surface area contributed by atoms with Gasteiger partial charge in [-0.25, -0.2) is 0 Å². The summed E-state index contributed by atoms with van der Waals surface area (Å²) in [5.74, 6) is -0.936. The van der Waals surface area contributed by atoms with Gasteiger partial charge in [0.15, 0.2) is 6.10 Å². The van der Waals surface area contributed by atoms with E-state index in [0.29, 0.717) is 19.3 Å². The van der Waals surface area contributed by atoms with Crippen LogP contribution in [0.25, 0.3) is 0 Å². The zero-order chi connectivity index (χ0) is 45.1. The molecule has 0 heterocycles. The number of esters is 3. The Hall–Kier alpha value is -3.15. The van der Waals surface area contributed by atoms with Gasteiger partial charge in [-0.1, -0.05) is 235 Å². The lowest BCUT2D eigenvalue weighted by atomic mass is 10.0. The highest BCUT2D eigenvalue weighted by Crippen LogP contribution is 2.15. The molecular weight excluding hydrogens is 769 g/mol. The Kier molecular flexibility index (Phi) is 47.9. The predicted octanol–water partition coefficient (Wildman–Crippen LogP) is 17.0. The lowest BCUT2D eigenvalue weighted by Crippen LogP contribution is -2.30. The summed E-state index contributed by atoms with van der Waals surface area (Å²) in [5.41, 5.74) is 0. The zero-order valence-corrected chi connectivity index (χ0v) is 40.6. The molecular formula is C56H96O6. The second-order valence-corrected chi connectivity index (χ2v) is 17.2. The first-order chi connectivity index (χ1) is 30.5. The first-order valence-corrected chi connectivity index (χ1v) is 26.0. The molecule has 0 N–H and O–H groups in total. The summed E-state index contributed by atoms with van der Waals surface area (Å²) < 4.78 is 16.8. The van der Waals surface area contributed by atoms with Crippen molar-refractivity contribution < 1.29 is 28.6 Å². The van der Waals surface area contributed by atoms with Crippen LogP contribution in [0.2, 0.25) is 0 Å². The molecule has 62 heavy (non-hydrogen) atoms. The van der Waals surface area contributed by atoms with Crippen molar-refractivity contribution in [1.82, 2.24) is 0 Å². The highest BCUT2D eigenvalue weighted by Gasteiger charge is 2.19. The molecule has 356 valence electrons. The molecule has 1 unspecified atom stereocenters. The number of ether oxygens (including phenoxy) is 3. The molecule has 0 aliphatic heterocycles. The van der Waals surface area contributed by atoms with Crippen molar-refractivity contribution in [2.75, 3.05) is 13.2 Å². The van der Waals surface area contributed by atoms with E-state index in [1.54, 1.807) is 0 Å². The maximum Gasteiger partial charge on any atom is 0.306 e. The quantitative estimate of drug-likeness (QED) is 0.0199. The molecule has 0 aromatic rings. The molecule has 0 bridgehead atoms. The minimum Gasteiger partial charge on any atom is -0.462 e. The van der Waals surface area contributed by atoms with E-state index in [-0.39, 0.29) is 37.5 Å². The van der Waals surface area contributed by atoms with Crippen LogP contribution in [-0.4, -0.2) is 37.2 Å². The average Bonchev–Trinajstić information content (AvgIpc) is 3.27. The lowest BCUT2D eigenvalue weighted by molar-refractivity contribution is -0.167. The summed E-state index contributed by atoms with van der Waals surface area (Å²) in [4.78, 5) is 38.0. The average molecular weight is 865 g/mol. The maximum atomic E-state index is 12.8. The molecule has 1 atom stereocenters. The summed E-state index contributed by atoms with van der Waals surface area (Å²) in [6.07, 6.45) is 63.1. The molecule has 0 saturated carbocycles. The lowest BCUT2D eigenvalue weighted by Gasteiger charge is -2.18. The number of carbonyl (C=O) groups excluding carboxylic acids is 3. The van der Waals surface area contributed by atoms with Gasteiger partial charge in [-0.3, -0.25) is 14.4 Å². The fourth-order valence-corrected chi connectivity index (χ4v) is 7.16. The Labute approximate surface area is 382 Å². The van der Waals surface area contributed by atoms with Gasteiger partial charge in [-0.15, -0.1) is 0 Å². The van der Waals surface area contributed by atoms with Crippen molar-refractivity contribution in [3.8, 4) is 0 Å². The highest BCUT2D eigenvalue weighted by atomic mass is 16.6. The van der Waals surface area contributed by atoms with Crippen LogP contribution in [-0.2, 0) is 28.6 Å². The monoisotopic (exact) mass is 865 g/mol. The van der Waals surface area contributed by atoms with Crippen LogP contribution in [0.15, 0.2) is 72.9 Å². The van der Waals surface area contributed by atoms with Gasteiger partial charge in [0.2, 0.25) is 0 Å². The van der Waals surface area contributed by atoms with Crippen molar-refractivity contribution in [3.63, 3.8) is 0 Å². The Bertz CT molecular complexity index is 1180. The van der Waals surface area contributed by atoms with E-state index >= 15 is 0 Å². The predicted molar refractivity (Wildman–Crippen MR) is 265 cm³/mol. The third-order valence-electron chi connectivity index (χ3n) is 11.1. The van der Waals surface area contributed by atoms with E-state index in [4.69, 9.17) is 14.2 Å². The second-order valence-electron chi connectivity index (χ2n) is 17.2. The number of unbranched alkanes of at least 4 members (excludes halogenated alkanes) is 27. The van der Waals surface area contributed by atoms with E-state index < -0.39 is 6.10 Å². The molecule has 6 heteroatoms. The smallest absolute Gasteiger partial charge is 0.306 e. The van der Waals surface area contributed by atoms with Gasteiger partial charge in [0.1, 0.15) is 13.2 Å². The van der Waals surface area contributed by atoms with Crippen LogP contribution in [0, 0.1) is 0 Å². The minimum atomic E-state index is -0.796. The standard InChI is InChI=1S/C56H96O6/c1-4-7-10-13-16-19-22-25-27-28-30-31-34-37-40-43-46-49-55(58)61-52-53(51-60-54(57)48-45-42-39-36-33-24-21-18-15-12-9-6-3)62-56(59)50-47-44-41-38-35-32-29-26-23-20-17-14-11-8-5-2/h8,11,14,17,20,23,25-27,29,32,35,53H,4-7,9-10,12-13,15-16,18-19,21-22,24,28,30-31,33-34,36-52H2,1-3H3/b11-8-,17-14-,23-20-,27-25-,29-26-,35-32-. The first-order valence-electron chi connectivity index (χ1n) is 26.0. The van der Waals surface area contributed by atoms with Gasteiger partial charge in [-0.2, -0.15) is 0 Å². The van der Waals surface area contributed by atoms with Crippen molar-refractivity contribution >= 4 is 17.9 Å². The van der Waals surface area contributed by atoms with Crippen molar-refractivity contribution in [2.45, 2.75) is 252 Å². The van der Waals surface area contributed by atoms with Crippen LogP contribution < -0.4 is 0 Å². The molecule has 0 saturated heterocycles. The van der Waals surface area contributed by atoms with Gasteiger partial charge >= 0.3 is 17.9 Å². The van der Waals surface area contributed by atoms with Crippen molar-refractivity contribution in [3.05, 3.63) is 72.9 Å². The number of carbonyl (C=O) groups is 3. The summed E-state index contributed by atoms with van der Waals surface area (Å²) in [6.45, 7) is 6.45. The number of allylic oxidation sites excluding steroid dienone is 12. The van der Waals surface area contributed by atoms with Crippen molar-refractivity contribution in [1.29, 1.82) is 0 Å². The van der Waals surface area contributed by atoms with Gasteiger partial charge in [0.05, 0.1) is 0 Å². The molecule has 0 radical (unpaired) electrons. The molecule has 0 spiro atoms. The van der Waals surface area contributed by atoms with Crippen LogP contribution in [0.3, 0.4) is 0 Å². The van der Waals surface area contributed by atoms with Crippen molar-refractivity contribution in [2.24, 2.45) is 0 Å². The van der Waals surface area contributed by atoms with Gasteiger partial charge < -0.3 is 14.2 Å². The molecule has 0 amide bonds. The van der Waals surface area contributed by atoms with Crippen LogP contribution in [0.5, 0.6) is 0 Å². The number of rotatable bonds is 46. The molecule has 0 aliphatic rings. The largest absolute Gasteiger partial charge is 0.462 e. The fraction of sp³-hybridized carbons (Fsp3) is 0.732. The summed E-state index contributed by atoms with van der Waals surface area (Å²) in [6, 6.07) is 0. The molecule has 0 aromatic carbocycles. The molecule has 0 aromatic heterocycles. The number of hydrogen-bond acceptors (Lipinski definition) is 6. The normalized spacial score (nSPS) is 12.6. The topological polar surface area (TPSA) is 78.9 Å². The Morgan fingerprint density at radius 3 is 1.05 bits per heavy atom. The Balaban J connectivity index is 4.44. The summed E-state index contributed by atoms with van der Waals surface area (Å²) in [7, 11) is 0. The van der Waals surface area contributed by atoms with Gasteiger partial charge in [0.25, 0.3) is 0 Å². The summed E-state index contributed by atoms with van der Waals surface area (Å²) >= 11 is 0. The first kappa shape index (κ1) is 58.9. The van der Waals surface area contributed by atoms with Crippen LogP contribution >= 0.6 is 0 Å². The Morgan fingerprint density at radius 2 is 0.645 bits per heavy atom. The van der Waals surface area contributed by atoms with Crippen LogP contribution in [0.1, 0.15) is 245 Å². The van der Waals surface area contributed by atoms with Gasteiger partial charge in [-0.05, 0) is 64.2 Å². The second kappa shape index (κ2) is 50.5. The maximum absolute atomic E-state index is 12.8. The molecule has 0 aliphatic carbocycles. The molecule has 0 rings (SSSR count). The third kappa shape index (κ3) is 47.9. The fourth-order valence-electron chi connectivity index (χ4n) is 7.16. The van der Waals surface area contributed by atoms with E-state index in [0.717, 1.165) is 64.2 Å².